The van der Waals surface area contributed by atoms with Gasteiger partial charge in [0.1, 0.15) is 5.75 Å². The summed E-state index contributed by atoms with van der Waals surface area (Å²) in [5.41, 5.74) is -0.558. The average molecular weight is 428 g/mol. The molecule has 2 aromatic carbocycles. The molecule has 2 N–H and O–H groups in total. The summed E-state index contributed by atoms with van der Waals surface area (Å²) in [4.78, 5) is 12.2. The number of hydrogen-bond acceptors (Lipinski definition) is 4. The molecule has 156 valence electrons. The number of carbonyl (C=O) groups excluding carboxylic acids is 1. The summed E-state index contributed by atoms with van der Waals surface area (Å²) < 4.78 is 64.4. The van der Waals surface area contributed by atoms with Gasteiger partial charge in [0.05, 0.1) is 22.6 Å². The molecule has 1 heterocycles. The second kappa shape index (κ2) is 8.03. The van der Waals surface area contributed by atoms with E-state index in [2.05, 4.69) is 5.32 Å². The summed E-state index contributed by atoms with van der Waals surface area (Å²) in [7, 11) is -3.73. The fourth-order valence-corrected chi connectivity index (χ4v) is 4.59. The van der Waals surface area contributed by atoms with Crippen LogP contribution in [0.15, 0.2) is 47.4 Å². The molecule has 6 nitrogen and oxygen atoms in total. The normalized spacial score (nSPS) is 15.4. The van der Waals surface area contributed by atoms with E-state index >= 15 is 0 Å². The van der Waals surface area contributed by atoms with Crippen molar-refractivity contribution < 1.29 is 31.5 Å². The fraction of sp³-hybridized carbons (Fsp3) is 0.316. The minimum Gasteiger partial charge on any atom is -0.506 e. The number of hydrogen-bond donors (Lipinski definition) is 2. The van der Waals surface area contributed by atoms with Crippen LogP contribution in [0, 0.1) is 0 Å². The number of carbonyl (C=O) groups is 1. The van der Waals surface area contributed by atoms with Crippen LogP contribution >= 0.6 is 0 Å². The van der Waals surface area contributed by atoms with Crippen molar-refractivity contribution in [1.82, 2.24) is 4.31 Å². The second-order valence-electron chi connectivity index (χ2n) is 6.71. The molecule has 0 atom stereocenters. The highest BCUT2D eigenvalue weighted by molar-refractivity contribution is 7.89. The highest BCUT2D eigenvalue weighted by atomic mass is 32.2. The van der Waals surface area contributed by atoms with E-state index in [0.29, 0.717) is 18.7 Å². The monoisotopic (exact) mass is 428 g/mol. The van der Waals surface area contributed by atoms with Crippen molar-refractivity contribution in [2.75, 3.05) is 18.4 Å². The number of alkyl halides is 3. The van der Waals surface area contributed by atoms with Crippen LogP contribution in [0.1, 0.15) is 24.0 Å². The van der Waals surface area contributed by atoms with Gasteiger partial charge >= 0.3 is 6.18 Å². The predicted molar refractivity (Wildman–Crippen MR) is 99.9 cm³/mol. The number of halogens is 3. The Morgan fingerprint density at radius 3 is 2.28 bits per heavy atom. The summed E-state index contributed by atoms with van der Waals surface area (Å²) in [6.45, 7) is 0.831. The topological polar surface area (TPSA) is 86.7 Å². The first-order valence-electron chi connectivity index (χ1n) is 8.86. The Bertz CT molecular complexity index is 999. The molecule has 0 saturated carbocycles. The average Bonchev–Trinajstić information content (AvgIpc) is 3.18. The molecule has 1 saturated heterocycles. The third kappa shape index (κ3) is 4.88. The van der Waals surface area contributed by atoms with E-state index in [0.717, 1.165) is 25.0 Å². The van der Waals surface area contributed by atoms with Crippen molar-refractivity contribution >= 4 is 21.6 Å². The zero-order chi connectivity index (χ0) is 21.2. The Morgan fingerprint density at radius 1 is 1.07 bits per heavy atom. The number of rotatable bonds is 5. The standard InChI is InChI=1S/C19H19F3N2O4S/c20-19(21,22)14-5-3-13(4-6-14)11-18(26)23-16-12-15(7-8-17(16)25)29(27,28)24-9-1-2-10-24/h3-8,12,25H,1-2,9-11H2,(H,23,26). The molecule has 0 unspecified atom stereocenters. The third-order valence-corrected chi connectivity index (χ3v) is 6.49. The van der Waals surface area contributed by atoms with Crippen molar-refractivity contribution in [3.8, 4) is 5.75 Å². The lowest BCUT2D eigenvalue weighted by molar-refractivity contribution is -0.137. The zero-order valence-electron chi connectivity index (χ0n) is 15.2. The minimum atomic E-state index is -4.46. The number of amides is 1. The van der Waals surface area contributed by atoms with Crippen LogP contribution in [0.4, 0.5) is 18.9 Å². The molecule has 10 heteroatoms. The van der Waals surface area contributed by atoms with Gasteiger partial charge in [-0.15, -0.1) is 0 Å². The molecule has 2 aromatic rings. The number of phenols is 1. The third-order valence-electron chi connectivity index (χ3n) is 4.59. The van der Waals surface area contributed by atoms with Crippen LogP contribution < -0.4 is 5.32 Å². The molecule has 0 bridgehead atoms. The van der Waals surface area contributed by atoms with E-state index in [1.165, 1.54) is 34.6 Å². The van der Waals surface area contributed by atoms with Gasteiger partial charge in [0.25, 0.3) is 0 Å². The van der Waals surface area contributed by atoms with Crippen LogP contribution in [-0.4, -0.2) is 36.8 Å². The number of aromatic hydroxyl groups is 1. The van der Waals surface area contributed by atoms with E-state index in [1.807, 2.05) is 0 Å². The predicted octanol–water partition coefficient (Wildman–Crippen LogP) is 3.38. The summed E-state index contributed by atoms with van der Waals surface area (Å²) in [6.07, 6.45) is -3.16. The van der Waals surface area contributed by atoms with Gasteiger partial charge in [0.15, 0.2) is 0 Å². The number of sulfonamides is 1. The Hall–Kier alpha value is -2.59. The lowest BCUT2D eigenvalue weighted by atomic mass is 10.1. The molecule has 1 aliphatic heterocycles. The lowest BCUT2D eigenvalue weighted by Crippen LogP contribution is -2.28. The summed E-state index contributed by atoms with van der Waals surface area (Å²) in [5.74, 6) is -0.915. The maximum absolute atomic E-state index is 12.6. The van der Waals surface area contributed by atoms with E-state index in [1.54, 1.807) is 0 Å². The Balaban J connectivity index is 1.73. The summed E-state index contributed by atoms with van der Waals surface area (Å²) in [6, 6.07) is 7.75. The highest BCUT2D eigenvalue weighted by Crippen LogP contribution is 2.30. The lowest BCUT2D eigenvalue weighted by Gasteiger charge is -2.16. The first kappa shape index (κ1) is 21.1. The Kier molecular flexibility index (Phi) is 5.85. The van der Waals surface area contributed by atoms with Gasteiger partial charge in [-0.2, -0.15) is 17.5 Å². The van der Waals surface area contributed by atoms with Crippen LogP contribution in [0.5, 0.6) is 5.75 Å². The number of nitrogens with zero attached hydrogens (tertiary/aromatic N) is 1. The minimum absolute atomic E-state index is 0.0537. The van der Waals surface area contributed by atoms with E-state index < -0.39 is 27.7 Å². The van der Waals surface area contributed by atoms with Crippen LogP contribution in [0.25, 0.3) is 0 Å². The van der Waals surface area contributed by atoms with Crippen molar-refractivity contribution in [3.63, 3.8) is 0 Å². The number of benzene rings is 2. The molecule has 3 rings (SSSR count). The van der Waals surface area contributed by atoms with Crippen LogP contribution in [0.3, 0.4) is 0 Å². The molecular formula is C19H19F3N2O4S. The molecule has 1 aliphatic rings. The van der Waals surface area contributed by atoms with Gasteiger partial charge in [-0.3, -0.25) is 4.79 Å². The number of anilines is 1. The van der Waals surface area contributed by atoms with Crippen molar-refractivity contribution in [2.45, 2.75) is 30.3 Å². The molecular weight excluding hydrogens is 409 g/mol. The first-order chi connectivity index (χ1) is 13.6. The van der Waals surface area contributed by atoms with Gasteiger partial charge in [-0.05, 0) is 48.7 Å². The molecule has 0 spiro atoms. The van der Waals surface area contributed by atoms with Gasteiger partial charge in [-0.1, -0.05) is 12.1 Å². The highest BCUT2D eigenvalue weighted by Gasteiger charge is 2.30. The maximum Gasteiger partial charge on any atom is 0.416 e. The van der Waals surface area contributed by atoms with Gasteiger partial charge in [-0.25, -0.2) is 8.42 Å². The van der Waals surface area contributed by atoms with Crippen molar-refractivity contribution in [2.24, 2.45) is 0 Å². The van der Waals surface area contributed by atoms with Gasteiger partial charge in [0, 0.05) is 13.1 Å². The van der Waals surface area contributed by atoms with Crippen molar-refractivity contribution in [3.05, 3.63) is 53.6 Å². The Morgan fingerprint density at radius 2 is 1.69 bits per heavy atom. The first-order valence-corrected chi connectivity index (χ1v) is 10.3. The number of phenolic OH excluding ortho intramolecular Hbond substituents is 1. The van der Waals surface area contributed by atoms with Crippen LogP contribution in [-0.2, 0) is 27.4 Å². The molecule has 0 aromatic heterocycles. The summed E-state index contributed by atoms with van der Waals surface area (Å²) in [5, 5.41) is 12.4. The zero-order valence-corrected chi connectivity index (χ0v) is 16.1. The quantitative estimate of drug-likeness (QED) is 0.715. The largest absolute Gasteiger partial charge is 0.506 e. The van der Waals surface area contributed by atoms with Gasteiger partial charge < -0.3 is 10.4 Å². The second-order valence-corrected chi connectivity index (χ2v) is 8.65. The Labute approximate surface area is 166 Å². The maximum atomic E-state index is 12.6. The van der Waals surface area contributed by atoms with E-state index in [-0.39, 0.29) is 22.8 Å². The van der Waals surface area contributed by atoms with Gasteiger partial charge in [0.2, 0.25) is 15.9 Å². The smallest absolute Gasteiger partial charge is 0.416 e. The summed E-state index contributed by atoms with van der Waals surface area (Å²) >= 11 is 0. The van der Waals surface area contributed by atoms with E-state index in [4.69, 9.17) is 0 Å². The molecule has 1 fully saturated rings. The molecule has 1 amide bonds. The fourth-order valence-electron chi connectivity index (χ4n) is 3.04. The number of nitrogens with one attached hydrogen (secondary N) is 1. The van der Waals surface area contributed by atoms with E-state index in [9.17, 15) is 31.5 Å². The van der Waals surface area contributed by atoms with Crippen LogP contribution in [0.2, 0.25) is 0 Å². The molecule has 0 aliphatic carbocycles. The molecule has 29 heavy (non-hydrogen) atoms. The SMILES string of the molecule is O=C(Cc1ccc(C(F)(F)F)cc1)Nc1cc(S(=O)(=O)N2CCCC2)ccc1O. The molecule has 0 radical (unpaired) electrons. The van der Waals surface area contributed by atoms with Crippen molar-refractivity contribution in [1.29, 1.82) is 0 Å².